The molecule has 1 amide bonds. The molecule has 1 rings (SSSR count). The van der Waals surface area contributed by atoms with Gasteiger partial charge >= 0.3 is 5.97 Å². The Kier molecular flexibility index (Phi) is 5.70. The molecule has 0 aromatic heterocycles. The minimum Gasteiger partial charge on any atom is -0.478 e. The highest BCUT2D eigenvalue weighted by Gasteiger charge is 2.21. The first-order chi connectivity index (χ1) is 9.34. The van der Waals surface area contributed by atoms with E-state index in [1.807, 2.05) is 13.8 Å². The molecule has 0 aliphatic carbocycles. The molecule has 0 radical (unpaired) electrons. The zero-order valence-corrected chi connectivity index (χ0v) is 12.2. The van der Waals surface area contributed by atoms with E-state index in [0.717, 1.165) is 5.56 Å². The van der Waals surface area contributed by atoms with Crippen LogP contribution in [0.4, 0.5) is 0 Å². The Bertz CT molecular complexity index is 486. The summed E-state index contributed by atoms with van der Waals surface area (Å²) in [6, 6.07) is 6.30. The van der Waals surface area contributed by atoms with Gasteiger partial charge in [0.05, 0.1) is 11.6 Å². The molecule has 0 saturated carbocycles. The van der Waals surface area contributed by atoms with Gasteiger partial charge in [-0.25, -0.2) is 4.79 Å². The maximum Gasteiger partial charge on any atom is 0.335 e. The second-order valence-corrected chi connectivity index (χ2v) is 5.24. The number of aromatic carboxylic acids is 1. The number of benzene rings is 1. The molecule has 3 N–H and O–H groups in total. The van der Waals surface area contributed by atoms with Crippen LogP contribution < -0.4 is 5.73 Å². The van der Waals surface area contributed by atoms with E-state index in [0.29, 0.717) is 13.0 Å². The molecular formula is C15H22N2O3. The van der Waals surface area contributed by atoms with Gasteiger partial charge in [-0.3, -0.25) is 4.79 Å². The highest BCUT2D eigenvalue weighted by Crippen LogP contribution is 2.11. The van der Waals surface area contributed by atoms with Crippen LogP contribution in [0, 0.1) is 5.92 Å². The van der Waals surface area contributed by atoms with Gasteiger partial charge in [-0.15, -0.1) is 0 Å². The molecule has 1 atom stereocenters. The largest absolute Gasteiger partial charge is 0.478 e. The van der Waals surface area contributed by atoms with Crippen LogP contribution in [0.2, 0.25) is 0 Å². The van der Waals surface area contributed by atoms with Crippen LogP contribution in [0.3, 0.4) is 0 Å². The first-order valence-corrected chi connectivity index (χ1v) is 6.66. The van der Waals surface area contributed by atoms with E-state index in [2.05, 4.69) is 0 Å². The lowest BCUT2D eigenvalue weighted by atomic mass is 10.0. The average molecular weight is 278 g/mol. The van der Waals surface area contributed by atoms with Crippen LogP contribution in [0.15, 0.2) is 24.3 Å². The Morgan fingerprint density at radius 3 is 2.45 bits per heavy atom. The van der Waals surface area contributed by atoms with Crippen LogP contribution >= 0.6 is 0 Å². The number of nitrogens with zero attached hydrogens (tertiary/aromatic N) is 1. The molecule has 20 heavy (non-hydrogen) atoms. The zero-order valence-electron chi connectivity index (χ0n) is 12.2. The summed E-state index contributed by atoms with van der Waals surface area (Å²) in [5.41, 5.74) is 6.82. The van der Waals surface area contributed by atoms with Crippen LogP contribution in [0.25, 0.3) is 0 Å². The standard InChI is InChI=1S/C15H22N2O3/c1-10(2)13(16)14(18)17(3)9-8-11-6-4-5-7-12(11)15(19)20/h4-7,10,13H,8-9,16H2,1-3H3,(H,19,20)/t13-/m1/s1. The minimum atomic E-state index is -0.950. The monoisotopic (exact) mass is 278 g/mol. The van der Waals surface area contributed by atoms with E-state index in [-0.39, 0.29) is 17.4 Å². The number of amides is 1. The van der Waals surface area contributed by atoms with Gasteiger partial charge in [0.1, 0.15) is 0 Å². The summed E-state index contributed by atoms with van der Waals surface area (Å²) in [4.78, 5) is 24.7. The molecule has 5 heteroatoms. The quantitative estimate of drug-likeness (QED) is 0.823. The number of likely N-dealkylation sites (N-methyl/N-ethyl adjacent to an activating group) is 1. The Balaban J connectivity index is 2.68. The second-order valence-electron chi connectivity index (χ2n) is 5.24. The van der Waals surface area contributed by atoms with Crippen LogP contribution in [0.1, 0.15) is 29.8 Å². The van der Waals surface area contributed by atoms with Gasteiger partial charge in [-0.2, -0.15) is 0 Å². The summed E-state index contributed by atoms with van der Waals surface area (Å²) in [6.07, 6.45) is 0.496. The number of nitrogens with two attached hydrogens (primary N) is 1. The topological polar surface area (TPSA) is 83.6 Å². The maximum atomic E-state index is 12.0. The number of carboxylic acids is 1. The van der Waals surface area contributed by atoms with Crippen molar-refractivity contribution in [2.75, 3.05) is 13.6 Å². The molecule has 0 aliphatic heterocycles. The average Bonchev–Trinajstić information content (AvgIpc) is 2.43. The van der Waals surface area contributed by atoms with Crippen molar-refractivity contribution < 1.29 is 14.7 Å². The molecule has 0 unspecified atom stereocenters. The van der Waals surface area contributed by atoms with Gasteiger partial charge in [0.2, 0.25) is 5.91 Å². The number of hydrogen-bond donors (Lipinski definition) is 2. The molecule has 0 fully saturated rings. The number of hydrogen-bond acceptors (Lipinski definition) is 3. The fourth-order valence-electron chi connectivity index (χ4n) is 1.88. The van der Waals surface area contributed by atoms with Crippen molar-refractivity contribution in [1.29, 1.82) is 0 Å². The smallest absolute Gasteiger partial charge is 0.335 e. The summed E-state index contributed by atoms with van der Waals surface area (Å²) < 4.78 is 0. The van der Waals surface area contributed by atoms with E-state index in [1.54, 1.807) is 36.2 Å². The highest BCUT2D eigenvalue weighted by molar-refractivity contribution is 5.89. The molecule has 110 valence electrons. The fourth-order valence-corrected chi connectivity index (χ4v) is 1.88. The van der Waals surface area contributed by atoms with E-state index in [1.165, 1.54) is 0 Å². The summed E-state index contributed by atoms with van der Waals surface area (Å²) in [5, 5.41) is 9.10. The van der Waals surface area contributed by atoms with Crippen molar-refractivity contribution in [1.82, 2.24) is 4.90 Å². The number of carboxylic acid groups (broad SMARTS) is 1. The fraction of sp³-hybridized carbons (Fsp3) is 0.467. The van der Waals surface area contributed by atoms with E-state index < -0.39 is 12.0 Å². The van der Waals surface area contributed by atoms with E-state index in [4.69, 9.17) is 10.8 Å². The van der Waals surface area contributed by atoms with Gasteiger partial charge in [0.15, 0.2) is 0 Å². The third-order valence-electron chi connectivity index (χ3n) is 3.34. The molecule has 0 aliphatic rings. The Morgan fingerprint density at radius 1 is 1.30 bits per heavy atom. The minimum absolute atomic E-state index is 0.0799. The predicted octanol–water partition coefficient (Wildman–Crippen LogP) is 1.37. The SMILES string of the molecule is CC(C)[C@@H](N)C(=O)N(C)CCc1ccccc1C(=O)O. The molecular weight excluding hydrogens is 256 g/mol. The van der Waals surface area contributed by atoms with Crippen molar-refractivity contribution in [3.05, 3.63) is 35.4 Å². The number of carbonyl (C=O) groups excluding carboxylic acids is 1. The van der Waals surface area contributed by atoms with Crippen molar-refractivity contribution in [2.45, 2.75) is 26.3 Å². The number of rotatable bonds is 6. The molecule has 0 bridgehead atoms. The van der Waals surface area contributed by atoms with Crippen molar-refractivity contribution >= 4 is 11.9 Å². The molecule has 0 heterocycles. The zero-order chi connectivity index (χ0) is 15.3. The lowest BCUT2D eigenvalue weighted by molar-refractivity contribution is -0.132. The number of carbonyl (C=O) groups is 2. The van der Waals surface area contributed by atoms with Gasteiger partial charge in [0.25, 0.3) is 0 Å². The third kappa shape index (κ3) is 4.06. The lowest BCUT2D eigenvalue weighted by Gasteiger charge is -2.23. The maximum absolute atomic E-state index is 12.0. The molecule has 5 nitrogen and oxygen atoms in total. The van der Waals surface area contributed by atoms with Gasteiger partial charge in [-0.05, 0) is 24.0 Å². The lowest BCUT2D eigenvalue weighted by Crippen LogP contribution is -2.45. The Labute approximate surface area is 119 Å². The van der Waals surface area contributed by atoms with Gasteiger partial charge in [0, 0.05) is 13.6 Å². The Hall–Kier alpha value is -1.88. The normalized spacial score (nSPS) is 12.2. The molecule has 0 saturated heterocycles. The van der Waals surface area contributed by atoms with Crippen molar-refractivity contribution in [2.24, 2.45) is 11.7 Å². The second kappa shape index (κ2) is 7.05. The van der Waals surface area contributed by atoms with E-state index >= 15 is 0 Å². The predicted molar refractivity (Wildman–Crippen MR) is 77.6 cm³/mol. The first-order valence-electron chi connectivity index (χ1n) is 6.66. The summed E-state index contributed by atoms with van der Waals surface area (Å²) in [6.45, 7) is 4.25. The van der Waals surface area contributed by atoms with Crippen LogP contribution in [0.5, 0.6) is 0 Å². The third-order valence-corrected chi connectivity index (χ3v) is 3.34. The molecule has 1 aromatic rings. The van der Waals surface area contributed by atoms with Crippen LogP contribution in [-0.4, -0.2) is 41.5 Å². The summed E-state index contributed by atoms with van der Waals surface area (Å²) in [7, 11) is 1.69. The van der Waals surface area contributed by atoms with Crippen molar-refractivity contribution in [3.8, 4) is 0 Å². The van der Waals surface area contributed by atoms with Gasteiger partial charge < -0.3 is 15.7 Å². The molecule has 1 aromatic carbocycles. The molecule has 0 spiro atoms. The van der Waals surface area contributed by atoms with Crippen molar-refractivity contribution in [3.63, 3.8) is 0 Å². The Morgan fingerprint density at radius 2 is 1.90 bits per heavy atom. The van der Waals surface area contributed by atoms with Gasteiger partial charge in [-0.1, -0.05) is 32.0 Å². The van der Waals surface area contributed by atoms with Crippen LogP contribution in [-0.2, 0) is 11.2 Å². The summed E-state index contributed by atoms with van der Waals surface area (Å²) >= 11 is 0. The van der Waals surface area contributed by atoms with E-state index in [9.17, 15) is 9.59 Å². The first kappa shape index (κ1) is 16.2. The summed E-state index contributed by atoms with van der Waals surface area (Å²) in [5.74, 6) is -0.988. The highest BCUT2D eigenvalue weighted by atomic mass is 16.4.